The van der Waals surface area contributed by atoms with Crippen molar-refractivity contribution in [3.63, 3.8) is 0 Å². The first-order valence-corrected chi connectivity index (χ1v) is 5.11. The maximum Gasteiger partial charge on any atom is 0.169 e. The van der Waals surface area contributed by atoms with Crippen molar-refractivity contribution in [3.05, 3.63) is 47.3 Å². The molecule has 0 aliphatic heterocycles. The molecule has 2 rings (SSSR count). The summed E-state index contributed by atoms with van der Waals surface area (Å²) in [6.45, 7) is 1.93. The molecule has 1 heterocycles. The molecule has 4 heteroatoms. The van der Waals surface area contributed by atoms with Gasteiger partial charge in [0, 0.05) is 18.8 Å². The maximum absolute atomic E-state index is 12.0. The van der Waals surface area contributed by atoms with Gasteiger partial charge < -0.3 is 0 Å². The van der Waals surface area contributed by atoms with Crippen molar-refractivity contribution in [2.24, 2.45) is 7.05 Å². The van der Waals surface area contributed by atoms with Crippen LogP contribution in [0.5, 0.6) is 0 Å². The van der Waals surface area contributed by atoms with Crippen LogP contribution in [0.2, 0.25) is 0 Å². The minimum atomic E-state index is 0.0820. The molecule has 82 valence electrons. The molecule has 2 aromatic rings. The summed E-state index contributed by atoms with van der Waals surface area (Å²) in [6.07, 6.45) is 2.06. The molecule has 0 saturated carbocycles. The zero-order valence-corrected chi connectivity index (χ0v) is 9.34. The second-order valence-corrected chi connectivity index (χ2v) is 3.80. The monoisotopic (exact) mass is 215 g/mol. The number of rotatable bonds is 3. The normalized spacial score (nSPS) is 10.4. The van der Waals surface area contributed by atoms with Crippen molar-refractivity contribution in [2.45, 2.75) is 13.3 Å². The second-order valence-electron chi connectivity index (χ2n) is 3.80. The van der Waals surface area contributed by atoms with E-state index in [0.717, 1.165) is 11.1 Å². The smallest absolute Gasteiger partial charge is 0.169 e. The SMILES string of the molecule is Cc1ccccc1C(=O)Cc1cn(C)nn1. The lowest BCUT2D eigenvalue weighted by Gasteiger charge is -2.02. The lowest BCUT2D eigenvalue weighted by molar-refractivity contribution is 0.0991. The van der Waals surface area contributed by atoms with Crippen LogP contribution in [0.3, 0.4) is 0 Å². The summed E-state index contributed by atoms with van der Waals surface area (Å²) < 4.78 is 1.60. The van der Waals surface area contributed by atoms with Gasteiger partial charge in [0.1, 0.15) is 0 Å². The maximum atomic E-state index is 12.0. The highest BCUT2D eigenvalue weighted by Gasteiger charge is 2.11. The Morgan fingerprint density at radius 1 is 1.38 bits per heavy atom. The van der Waals surface area contributed by atoms with Crippen LogP contribution in [-0.2, 0) is 13.5 Å². The third-order valence-electron chi connectivity index (χ3n) is 2.44. The Hall–Kier alpha value is -1.97. The Kier molecular flexibility index (Phi) is 2.81. The van der Waals surface area contributed by atoms with Gasteiger partial charge in [-0.1, -0.05) is 29.5 Å². The van der Waals surface area contributed by atoms with Crippen LogP contribution in [-0.4, -0.2) is 20.8 Å². The summed E-state index contributed by atoms with van der Waals surface area (Å²) in [6, 6.07) is 7.57. The van der Waals surface area contributed by atoms with Crippen LogP contribution >= 0.6 is 0 Å². The minimum Gasteiger partial charge on any atom is -0.294 e. The first kappa shape index (κ1) is 10.5. The molecule has 4 nitrogen and oxygen atoms in total. The molecule has 0 radical (unpaired) electrons. The van der Waals surface area contributed by atoms with Crippen molar-refractivity contribution >= 4 is 5.78 Å². The van der Waals surface area contributed by atoms with Crippen LogP contribution in [0.25, 0.3) is 0 Å². The third-order valence-corrected chi connectivity index (χ3v) is 2.44. The number of aryl methyl sites for hydroxylation is 2. The zero-order valence-electron chi connectivity index (χ0n) is 9.34. The van der Waals surface area contributed by atoms with Crippen molar-refractivity contribution in [1.82, 2.24) is 15.0 Å². The predicted molar refractivity (Wildman–Crippen MR) is 60.2 cm³/mol. The van der Waals surface area contributed by atoms with Gasteiger partial charge in [-0.15, -0.1) is 5.10 Å². The molecular weight excluding hydrogens is 202 g/mol. The van der Waals surface area contributed by atoms with E-state index in [2.05, 4.69) is 10.3 Å². The molecule has 0 aliphatic carbocycles. The summed E-state index contributed by atoms with van der Waals surface area (Å²) in [5, 5.41) is 7.70. The molecular formula is C12H13N3O. The van der Waals surface area contributed by atoms with Crippen molar-refractivity contribution in [2.75, 3.05) is 0 Å². The number of aromatic nitrogens is 3. The molecule has 0 aliphatic rings. The highest BCUT2D eigenvalue weighted by molar-refractivity contribution is 5.98. The number of ketones is 1. The average Bonchev–Trinajstić information content (AvgIpc) is 2.64. The molecule has 0 saturated heterocycles. The number of carbonyl (C=O) groups is 1. The number of nitrogens with zero attached hydrogens (tertiary/aromatic N) is 3. The Labute approximate surface area is 93.9 Å². The van der Waals surface area contributed by atoms with Gasteiger partial charge in [-0.3, -0.25) is 9.48 Å². The van der Waals surface area contributed by atoms with Gasteiger partial charge in [0.2, 0.25) is 0 Å². The van der Waals surface area contributed by atoms with Crippen LogP contribution in [0, 0.1) is 6.92 Å². The fraction of sp³-hybridized carbons (Fsp3) is 0.250. The Bertz CT molecular complexity index is 516. The summed E-state index contributed by atoms with van der Waals surface area (Å²) in [5.41, 5.74) is 2.46. The highest BCUT2D eigenvalue weighted by Crippen LogP contribution is 2.10. The molecule has 0 amide bonds. The van der Waals surface area contributed by atoms with Crippen molar-refractivity contribution in [3.8, 4) is 0 Å². The van der Waals surface area contributed by atoms with E-state index in [-0.39, 0.29) is 5.78 Å². The van der Waals surface area contributed by atoms with Gasteiger partial charge in [-0.2, -0.15) is 0 Å². The first-order valence-electron chi connectivity index (χ1n) is 5.11. The molecule has 0 unspecified atom stereocenters. The first-order chi connectivity index (χ1) is 7.66. The topological polar surface area (TPSA) is 47.8 Å². The molecule has 0 spiro atoms. The van der Waals surface area contributed by atoms with Gasteiger partial charge in [-0.25, -0.2) is 0 Å². The van der Waals surface area contributed by atoms with E-state index in [1.54, 1.807) is 17.9 Å². The lowest BCUT2D eigenvalue weighted by atomic mass is 10.0. The van der Waals surface area contributed by atoms with Crippen LogP contribution in [0.4, 0.5) is 0 Å². The van der Waals surface area contributed by atoms with E-state index >= 15 is 0 Å². The zero-order chi connectivity index (χ0) is 11.5. The fourth-order valence-corrected chi connectivity index (χ4v) is 1.62. The van der Waals surface area contributed by atoms with Gasteiger partial charge in [0.05, 0.1) is 12.1 Å². The number of hydrogen-bond donors (Lipinski definition) is 0. The summed E-state index contributed by atoms with van der Waals surface area (Å²) in [7, 11) is 1.79. The number of hydrogen-bond acceptors (Lipinski definition) is 3. The lowest BCUT2D eigenvalue weighted by Crippen LogP contribution is -2.05. The van der Waals surface area contributed by atoms with E-state index in [4.69, 9.17) is 0 Å². The quantitative estimate of drug-likeness (QED) is 0.730. The van der Waals surface area contributed by atoms with E-state index in [9.17, 15) is 4.79 Å². The van der Waals surface area contributed by atoms with Crippen LogP contribution in [0.15, 0.2) is 30.5 Å². The molecule has 0 atom stereocenters. The minimum absolute atomic E-state index is 0.0820. The summed E-state index contributed by atoms with van der Waals surface area (Å²) in [5.74, 6) is 0.0820. The Morgan fingerprint density at radius 3 is 2.75 bits per heavy atom. The van der Waals surface area contributed by atoms with E-state index < -0.39 is 0 Å². The Balaban J connectivity index is 2.18. The number of benzene rings is 1. The van der Waals surface area contributed by atoms with E-state index in [0.29, 0.717) is 12.1 Å². The van der Waals surface area contributed by atoms with Crippen LogP contribution < -0.4 is 0 Å². The standard InChI is InChI=1S/C12H13N3O/c1-9-5-3-4-6-11(9)12(16)7-10-8-15(2)14-13-10/h3-6,8H,7H2,1-2H3. The molecule has 0 bridgehead atoms. The largest absolute Gasteiger partial charge is 0.294 e. The molecule has 0 N–H and O–H groups in total. The van der Waals surface area contributed by atoms with E-state index in [1.165, 1.54) is 0 Å². The Morgan fingerprint density at radius 2 is 2.12 bits per heavy atom. The van der Waals surface area contributed by atoms with Gasteiger partial charge in [0.15, 0.2) is 5.78 Å². The summed E-state index contributed by atoms with van der Waals surface area (Å²) in [4.78, 5) is 12.0. The van der Waals surface area contributed by atoms with Crippen molar-refractivity contribution in [1.29, 1.82) is 0 Å². The molecule has 0 fully saturated rings. The molecule has 1 aromatic heterocycles. The highest BCUT2D eigenvalue weighted by atomic mass is 16.1. The summed E-state index contributed by atoms with van der Waals surface area (Å²) >= 11 is 0. The average molecular weight is 215 g/mol. The van der Waals surface area contributed by atoms with Crippen LogP contribution in [0.1, 0.15) is 21.6 Å². The van der Waals surface area contributed by atoms with E-state index in [1.807, 2.05) is 31.2 Å². The van der Waals surface area contributed by atoms with Crippen molar-refractivity contribution < 1.29 is 4.79 Å². The number of carbonyl (C=O) groups excluding carboxylic acids is 1. The second kappa shape index (κ2) is 4.26. The van der Waals surface area contributed by atoms with Gasteiger partial charge >= 0.3 is 0 Å². The fourth-order valence-electron chi connectivity index (χ4n) is 1.62. The predicted octanol–water partition coefficient (Wildman–Crippen LogP) is 1.55. The van der Waals surface area contributed by atoms with Gasteiger partial charge in [0.25, 0.3) is 0 Å². The number of Topliss-reactive ketones (excluding diaryl/α,β-unsaturated/α-hetero) is 1. The molecule has 1 aromatic carbocycles. The van der Waals surface area contributed by atoms with Gasteiger partial charge in [-0.05, 0) is 12.5 Å². The third kappa shape index (κ3) is 2.16. The molecule has 16 heavy (non-hydrogen) atoms.